The number of nitrogens with one attached hydrogen (secondary N) is 2. The van der Waals surface area contributed by atoms with E-state index in [-0.39, 0.29) is 30.3 Å². The lowest BCUT2D eigenvalue weighted by Crippen LogP contribution is -2.30. The molecule has 0 radical (unpaired) electrons. The van der Waals surface area contributed by atoms with Crippen molar-refractivity contribution >= 4 is 15.9 Å². The summed E-state index contributed by atoms with van der Waals surface area (Å²) >= 11 is 0. The normalized spacial score (nSPS) is 11.2. The van der Waals surface area contributed by atoms with Gasteiger partial charge >= 0.3 is 0 Å². The molecule has 2 N–H and O–H groups in total. The molecule has 0 saturated carbocycles. The first-order chi connectivity index (χ1) is 17.0. The molecule has 0 saturated heterocycles. The molecule has 0 unspecified atom stereocenters. The van der Waals surface area contributed by atoms with Crippen molar-refractivity contribution in [1.82, 2.24) is 19.8 Å². The molecule has 0 bridgehead atoms. The molecule has 0 spiro atoms. The van der Waals surface area contributed by atoms with Crippen LogP contribution in [0.25, 0.3) is 16.9 Å². The van der Waals surface area contributed by atoms with E-state index in [1.807, 2.05) is 66.9 Å². The minimum Gasteiger partial charge on any atom is -0.497 e. The van der Waals surface area contributed by atoms with Crippen LogP contribution in [-0.4, -0.2) is 37.8 Å². The highest BCUT2D eigenvalue weighted by molar-refractivity contribution is 7.89. The molecule has 0 fully saturated rings. The summed E-state index contributed by atoms with van der Waals surface area (Å²) < 4.78 is 34.2. The van der Waals surface area contributed by atoms with Crippen molar-refractivity contribution < 1.29 is 17.9 Å². The van der Waals surface area contributed by atoms with Gasteiger partial charge in [-0.15, -0.1) is 0 Å². The second-order valence-electron chi connectivity index (χ2n) is 7.75. The summed E-state index contributed by atoms with van der Waals surface area (Å²) in [7, 11) is -2.21. The van der Waals surface area contributed by atoms with Gasteiger partial charge < -0.3 is 10.1 Å². The zero-order valence-electron chi connectivity index (χ0n) is 19.2. The van der Waals surface area contributed by atoms with Gasteiger partial charge in [-0.2, -0.15) is 5.10 Å². The molecule has 9 heteroatoms. The Labute approximate surface area is 204 Å². The third-order valence-electron chi connectivity index (χ3n) is 5.35. The first-order valence-corrected chi connectivity index (χ1v) is 12.5. The van der Waals surface area contributed by atoms with Crippen LogP contribution in [0.3, 0.4) is 0 Å². The number of carbonyl (C=O) groups excluding carboxylic acids is 1. The predicted molar refractivity (Wildman–Crippen MR) is 134 cm³/mol. The van der Waals surface area contributed by atoms with Crippen molar-refractivity contribution in [2.24, 2.45) is 0 Å². The largest absolute Gasteiger partial charge is 0.497 e. The van der Waals surface area contributed by atoms with Crippen LogP contribution >= 0.6 is 0 Å². The first kappa shape index (κ1) is 24.2. The fourth-order valence-electron chi connectivity index (χ4n) is 3.51. The Hall–Kier alpha value is -3.95. The molecular formula is C26H26N4O4S. The number of methoxy groups -OCH3 is 1. The molecule has 3 aromatic carbocycles. The average molecular weight is 491 g/mol. The van der Waals surface area contributed by atoms with Crippen LogP contribution in [0.5, 0.6) is 5.75 Å². The Balaban J connectivity index is 1.38. The van der Waals surface area contributed by atoms with E-state index in [1.54, 1.807) is 16.8 Å². The summed E-state index contributed by atoms with van der Waals surface area (Å²) in [4.78, 5) is 12.6. The van der Waals surface area contributed by atoms with Crippen LogP contribution in [0.15, 0.2) is 96.0 Å². The minimum atomic E-state index is -3.72. The van der Waals surface area contributed by atoms with Gasteiger partial charge in [0.25, 0.3) is 0 Å². The molecule has 8 nitrogen and oxygen atoms in total. The van der Waals surface area contributed by atoms with Crippen LogP contribution in [0.2, 0.25) is 0 Å². The lowest BCUT2D eigenvalue weighted by Gasteiger charge is -2.08. The maximum absolute atomic E-state index is 12.5. The Bertz CT molecular complexity index is 1370. The number of benzene rings is 3. The third kappa shape index (κ3) is 6.14. The summed E-state index contributed by atoms with van der Waals surface area (Å²) in [5.74, 6) is 0.294. The Morgan fingerprint density at radius 1 is 0.943 bits per heavy atom. The van der Waals surface area contributed by atoms with Gasteiger partial charge in [0, 0.05) is 36.8 Å². The number of hydrogen-bond acceptors (Lipinski definition) is 5. The van der Waals surface area contributed by atoms with Gasteiger partial charge in [0.2, 0.25) is 15.9 Å². The summed E-state index contributed by atoms with van der Waals surface area (Å²) in [5, 5.41) is 7.61. The molecule has 0 atom stereocenters. The zero-order chi connectivity index (χ0) is 24.7. The molecule has 0 aliphatic rings. The summed E-state index contributed by atoms with van der Waals surface area (Å²) in [5.41, 5.74) is 3.48. The highest BCUT2D eigenvalue weighted by Gasteiger charge is 2.16. The van der Waals surface area contributed by atoms with Crippen LogP contribution in [0.4, 0.5) is 0 Å². The summed E-state index contributed by atoms with van der Waals surface area (Å²) in [6.45, 7) is 0.246. The van der Waals surface area contributed by atoms with Gasteiger partial charge in [-0.1, -0.05) is 48.5 Å². The van der Waals surface area contributed by atoms with Gasteiger partial charge in [-0.25, -0.2) is 17.8 Å². The molecule has 1 amide bonds. The third-order valence-corrected chi connectivity index (χ3v) is 6.82. The van der Waals surface area contributed by atoms with Crippen molar-refractivity contribution in [2.45, 2.75) is 17.9 Å². The Morgan fingerprint density at radius 3 is 2.26 bits per heavy atom. The topological polar surface area (TPSA) is 102 Å². The second kappa shape index (κ2) is 11.0. The summed E-state index contributed by atoms with van der Waals surface area (Å²) in [6.07, 6.45) is 1.90. The van der Waals surface area contributed by atoms with Crippen molar-refractivity contribution in [3.05, 3.63) is 96.7 Å². The first-order valence-electron chi connectivity index (χ1n) is 11.1. The molecule has 35 heavy (non-hydrogen) atoms. The highest BCUT2D eigenvalue weighted by atomic mass is 32.2. The minimum absolute atomic E-state index is 0.00285. The monoisotopic (exact) mass is 490 g/mol. The quantitative estimate of drug-likeness (QED) is 0.354. The van der Waals surface area contributed by atoms with E-state index in [2.05, 4.69) is 10.0 Å². The van der Waals surface area contributed by atoms with Gasteiger partial charge in [0.15, 0.2) is 0 Å². The standard InChI is InChI=1S/C26H26N4O4S/c1-34-23-12-14-24(15-13-23)35(32,33)28-17-16-25(31)27-18-21-19-30(22-10-6-3-7-11-22)29-26(21)20-8-4-2-5-9-20/h2-15,19,28H,16-18H2,1H3,(H,27,31). The van der Waals surface area contributed by atoms with E-state index in [9.17, 15) is 13.2 Å². The Morgan fingerprint density at radius 2 is 1.60 bits per heavy atom. The summed E-state index contributed by atoms with van der Waals surface area (Å²) in [6, 6.07) is 25.5. The molecule has 180 valence electrons. The number of carbonyl (C=O) groups is 1. The van der Waals surface area contributed by atoms with E-state index >= 15 is 0 Å². The van der Waals surface area contributed by atoms with Crippen molar-refractivity contribution in [1.29, 1.82) is 0 Å². The smallest absolute Gasteiger partial charge is 0.240 e. The molecule has 0 aliphatic carbocycles. The van der Waals surface area contributed by atoms with Crippen LogP contribution in [-0.2, 0) is 21.4 Å². The number of hydrogen-bond donors (Lipinski definition) is 2. The number of nitrogens with zero attached hydrogens (tertiary/aromatic N) is 2. The van der Waals surface area contributed by atoms with Crippen molar-refractivity contribution in [3.63, 3.8) is 0 Å². The fraction of sp³-hybridized carbons (Fsp3) is 0.154. The average Bonchev–Trinajstić information content (AvgIpc) is 3.33. The van der Waals surface area contributed by atoms with Gasteiger partial charge in [0.05, 0.1) is 23.4 Å². The number of para-hydroxylation sites is 1. The maximum Gasteiger partial charge on any atom is 0.240 e. The van der Waals surface area contributed by atoms with E-state index in [4.69, 9.17) is 9.84 Å². The highest BCUT2D eigenvalue weighted by Crippen LogP contribution is 2.23. The van der Waals surface area contributed by atoms with E-state index < -0.39 is 10.0 Å². The van der Waals surface area contributed by atoms with E-state index in [0.717, 1.165) is 22.5 Å². The maximum atomic E-state index is 12.5. The molecule has 0 aliphatic heterocycles. The van der Waals surface area contributed by atoms with Gasteiger partial charge in [-0.05, 0) is 36.4 Å². The lowest BCUT2D eigenvalue weighted by molar-refractivity contribution is -0.121. The van der Waals surface area contributed by atoms with Crippen LogP contribution in [0.1, 0.15) is 12.0 Å². The lowest BCUT2D eigenvalue weighted by atomic mass is 10.1. The molecule has 4 rings (SSSR count). The zero-order valence-corrected chi connectivity index (χ0v) is 20.0. The Kier molecular flexibility index (Phi) is 7.59. The number of ether oxygens (including phenoxy) is 1. The number of amides is 1. The molecule has 1 aromatic heterocycles. The van der Waals surface area contributed by atoms with Crippen molar-refractivity contribution in [3.8, 4) is 22.7 Å². The molecule has 1 heterocycles. The van der Waals surface area contributed by atoms with E-state index in [1.165, 1.54) is 19.2 Å². The van der Waals surface area contributed by atoms with Crippen molar-refractivity contribution in [2.75, 3.05) is 13.7 Å². The van der Waals surface area contributed by atoms with Crippen LogP contribution in [0, 0.1) is 0 Å². The number of rotatable bonds is 10. The number of sulfonamides is 1. The predicted octanol–water partition coefficient (Wildman–Crippen LogP) is 3.53. The van der Waals surface area contributed by atoms with Gasteiger partial charge in [-0.3, -0.25) is 4.79 Å². The second-order valence-corrected chi connectivity index (χ2v) is 9.52. The van der Waals surface area contributed by atoms with E-state index in [0.29, 0.717) is 5.75 Å². The molecule has 4 aromatic rings. The van der Waals surface area contributed by atoms with Crippen LogP contribution < -0.4 is 14.8 Å². The fourth-order valence-corrected chi connectivity index (χ4v) is 4.54. The van der Waals surface area contributed by atoms with Gasteiger partial charge in [0.1, 0.15) is 5.75 Å². The number of aromatic nitrogens is 2. The SMILES string of the molecule is COc1ccc(S(=O)(=O)NCCC(=O)NCc2cn(-c3ccccc3)nc2-c2ccccc2)cc1. The molecular weight excluding hydrogens is 464 g/mol.